The van der Waals surface area contributed by atoms with Gasteiger partial charge in [0.2, 0.25) is 0 Å². The van der Waals surface area contributed by atoms with E-state index < -0.39 is 0 Å². The molecule has 0 saturated carbocycles. The van der Waals surface area contributed by atoms with Gasteiger partial charge in [-0.3, -0.25) is 0 Å². The summed E-state index contributed by atoms with van der Waals surface area (Å²) in [5, 5.41) is 17.6. The Balaban J connectivity index is 2.43. The summed E-state index contributed by atoms with van der Waals surface area (Å²) in [6.45, 7) is 2.01. The van der Waals surface area contributed by atoms with E-state index in [0.717, 1.165) is 22.9 Å². The van der Waals surface area contributed by atoms with Crippen LogP contribution in [0.3, 0.4) is 0 Å². The zero-order valence-electron chi connectivity index (χ0n) is 8.62. The van der Waals surface area contributed by atoms with Gasteiger partial charge >= 0.3 is 0 Å². The van der Waals surface area contributed by atoms with Gasteiger partial charge in [-0.05, 0) is 42.3 Å². The lowest BCUT2D eigenvalue weighted by molar-refractivity contribution is 0.476. The van der Waals surface area contributed by atoms with Crippen molar-refractivity contribution in [1.29, 1.82) is 5.41 Å². The molecule has 1 unspecified atom stereocenters. The Morgan fingerprint density at radius 2 is 2.33 bits per heavy atom. The molecule has 1 atom stereocenters. The molecule has 0 aliphatic carbocycles. The number of hydrogen-bond donors (Lipinski definition) is 3. The van der Waals surface area contributed by atoms with Crippen molar-refractivity contribution in [2.75, 3.05) is 0 Å². The summed E-state index contributed by atoms with van der Waals surface area (Å²) in [6.07, 6.45) is 4.22. The highest BCUT2D eigenvalue weighted by Crippen LogP contribution is 2.24. The van der Waals surface area contributed by atoms with Crippen LogP contribution in [0.2, 0.25) is 0 Å². The first-order chi connectivity index (χ1) is 7.20. The number of fused-ring (bicyclic) bond motifs is 1. The molecule has 0 aliphatic heterocycles. The normalized spacial score (nSPS) is 12.9. The van der Waals surface area contributed by atoms with Crippen LogP contribution in [0.15, 0.2) is 24.4 Å². The van der Waals surface area contributed by atoms with E-state index in [2.05, 4.69) is 4.98 Å². The molecule has 1 aromatic carbocycles. The van der Waals surface area contributed by atoms with Gasteiger partial charge in [-0.15, -0.1) is 0 Å². The van der Waals surface area contributed by atoms with Gasteiger partial charge in [0.15, 0.2) is 0 Å². The summed E-state index contributed by atoms with van der Waals surface area (Å²) in [5.41, 5.74) is 2.18. The summed E-state index contributed by atoms with van der Waals surface area (Å²) in [6, 6.07) is 5.30. The zero-order chi connectivity index (χ0) is 10.8. The summed E-state index contributed by atoms with van der Waals surface area (Å²) in [4.78, 5) is 3.16. The van der Waals surface area contributed by atoms with Gasteiger partial charge in [0.05, 0.1) is 0 Å². The van der Waals surface area contributed by atoms with Crippen LogP contribution in [0.1, 0.15) is 12.5 Å². The van der Waals surface area contributed by atoms with E-state index in [1.54, 1.807) is 12.1 Å². The SMILES string of the molecule is CC(C=N)Cc1c[nH]c2ccc(O)cc12. The predicted molar refractivity (Wildman–Crippen MR) is 61.6 cm³/mol. The second-order valence-electron chi connectivity index (χ2n) is 3.89. The molecule has 1 aromatic heterocycles. The standard InChI is InChI=1S/C12H14N2O/c1-8(6-13)4-9-7-14-12-3-2-10(15)5-11(9)12/h2-3,5-8,13-15H,4H2,1H3. The molecule has 2 aromatic rings. The molecule has 3 N–H and O–H groups in total. The summed E-state index contributed by atoms with van der Waals surface area (Å²) >= 11 is 0. The van der Waals surface area contributed by atoms with Gasteiger partial charge in [-0.2, -0.15) is 0 Å². The number of hydrogen-bond acceptors (Lipinski definition) is 2. The van der Waals surface area contributed by atoms with Crippen LogP contribution in [0.4, 0.5) is 0 Å². The fourth-order valence-electron chi connectivity index (χ4n) is 1.74. The van der Waals surface area contributed by atoms with Crippen molar-refractivity contribution in [1.82, 2.24) is 4.98 Å². The quantitative estimate of drug-likeness (QED) is 0.658. The van der Waals surface area contributed by atoms with Gasteiger partial charge in [-0.1, -0.05) is 6.92 Å². The van der Waals surface area contributed by atoms with Crippen LogP contribution in [-0.2, 0) is 6.42 Å². The number of aromatic nitrogens is 1. The van der Waals surface area contributed by atoms with E-state index in [9.17, 15) is 5.11 Å². The number of benzene rings is 1. The third-order valence-electron chi connectivity index (χ3n) is 2.58. The fraction of sp³-hybridized carbons (Fsp3) is 0.250. The third-order valence-corrected chi connectivity index (χ3v) is 2.58. The highest BCUT2D eigenvalue weighted by Gasteiger charge is 2.07. The van der Waals surface area contributed by atoms with E-state index >= 15 is 0 Å². The van der Waals surface area contributed by atoms with E-state index in [-0.39, 0.29) is 11.7 Å². The molecule has 2 rings (SSSR count). The largest absolute Gasteiger partial charge is 0.508 e. The minimum absolute atomic E-state index is 0.228. The molecule has 1 heterocycles. The average molecular weight is 202 g/mol. The number of nitrogens with one attached hydrogen (secondary N) is 2. The number of phenols is 1. The van der Waals surface area contributed by atoms with Crippen molar-refractivity contribution in [2.45, 2.75) is 13.3 Å². The lowest BCUT2D eigenvalue weighted by Crippen LogP contribution is -1.99. The number of aromatic amines is 1. The zero-order valence-corrected chi connectivity index (χ0v) is 8.62. The van der Waals surface area contributed by atoms with Gasteiger partial charge in [0.25, 0.3) is 0 Å². The maximum Gasteiger partial charge on any atom is 0.116 e. The monoisotopic (exact) mass is 202 g/mol. The minimum Gasteiger partial charge on any atom is -0.508 e. The second-order valence-corrected chi connectivity index (χ2v) is 3.89. The van der Waals surface area contributed by atoms with E-state index in [1.165, 1.54) is 6.21 Å². The first kappa shape index (κ1) is 9.77. The number of phenolic OH excluding ortho intramolecular Hbond substituents is 1. The Bertz CT molecular complexity index is 487. The van der Waals surface area contributed by atoms with Crippen molar-refractivity contribution in [3.63, 3.8) is 0 Å². The van der Waals surface area contributed by atoms with Gasteiger partial charge < -0.3 is 15.5 Å². The Labute approximate surface area is 88.3 Å². The van der Waals surface area contributed by atoms with Crippen molar-refractivity contribution >= 4 is 17.1 Å². The molecule has 3 nitrogen and oxygen atoms in total. The second kappa shape index (κ2) is 3.77. The van der Waals surface area contributed by atoms with Gasteiger partial charge in [0, 0.05) is 17.1 Å². The lowest BCUT2D eigenvalue weighted by atomic mass is 10.0. The number of rotatable bonds is 3. The van der Waals surface area contributed by atoms with Crippen molar-refractivity contribution in [3.8, 4) is 5.75 Å². The van der Waals surface area contributed by atoms with E-state index in [4.69, 9.17) is 5.41 Å². The van der Waals surface area contributed by atoms with Crippen molar-refractivity contribution < 1.29 is 5.11 Å². The molecule has 0 bridgehead atoms. The van der Waals surface area contributed by atoms with Crippen LogP contribution < -0.4 is 0 Å². The van der Waals surface area contributed by atoms with E-state index in [0.29, 0.717) is 0 Å². The van der Waals surface area contributed by atoms with Crippen molar-refractivity contribution in [2.24, 2.45) is 5.92 Å². The van der Waals surface area contributed by atoms with Crippen LogP contribution in [0.25, 0.3) is 10.9 Å². The molecular formula is C12H14N2O. The predicted octanol–water partition coefficient (Wildman–Crippen LogP) is 2.70. The molecule has 15 heavy (non-hydrogen) atoms. The molecule has 0 radical (unpaired) electrons. The lowest BCUT2D eigenvalue weighted by Gasteiger charge is -2.03. The molecular weight excluding hydrogens is 188 g/mol. The maximum absolute atomic E-state index is 9.41. The minimum atomic E-state index is 0.228. The van der Waals surface area contributed by atoms with Crippen LogP contribution in [0, 0.1) is 11.3 Å². The summed E-state index contributed by atoms with van der Waals surface area (Å²) in [7, 11) is 0. The van der Waals surface area contributed by atoms with Crippen molar-refractivity contribution in [3.05, 3.63) is 30.0 Å². The molecule has 0 aliphatic rings. The fourth-order valence-corrected chi connectivity index (χ4v) is 1.74. The molecule has 0 fully saturated rings. The summed E-state index contributed by atoms with van der Waals surface area (Å²) < 4.78 is 0. The molecule has 0 spiro atoms. The van der Waals surface area contributed by atoms with E-state index in [1.807, 2.05) is 19.2 Å². The Morgan fingerprint density at radius 1 is 1.53 bits per heavy atom. The smallest absolute Gasteiger partial charge is 0.116 e. The maximum atomic E-state index is 9.41. The first-order valence-electron chi connectivity index (χ1n) is 5.00. The van der Waals surface area contributed by atoms with Crippen LogP contribution in [0.5, 0.6) is 5.75 Å². The topological polar surface area (TPSA) is 59.9 Å². The summed E-state index contributed by atoms with van der Waals surface area (Å²) in [5.74, 6) is 0.511. The molecule has 78 valence electrons. The number of H-pyrrole nitrogens is 1. The molecule has 3 heteroatoms. The molecule has 0 amide bonds. The molecule has 0 saturated heterocycles. The Hall–Kier alpha value is -1.77. The first-order valence-corrected chi connectivity index (χ1v) is 5.00. The Morgan fingerprint density at radius 3 is 3.07 bits per heavy atom. The number of aromatic hydroxyl groups is 1. The van der Waals surface area contributed by atoms with Gasteiger partial charge in [0.1, 0.15) is 5.75 Å². The van der Waals surface area contributed by atoms with Crippen LogP contribution in [-0.4, -0.2) is 16.3 Å². The van der Waals surface area contributed by atoms with Crippen LogP contribution >= 0.6 is 0 Å². The highest BCUT2D eigenvalue weighted by atomic mass is 16.3. The van der Waals surface area contributed by atoms with Gasteiger partial charge in [-0.25, -0.2) is 0 Å². The average Bonchev–Trinajstić information content (AvgIpc) is 2.61. The Kier molecular flexibility index (Phi) is 2.46. The third kappa shape index (κ3) is 1.86. The highest BCUT2D eigenvalue weighted by molar-refractivity contribution is 5.84.